The summed E-state index contributed by atoms with van der Waals surface area (Å²) in [5.74, 6) is 0.0987. The number of carbonyl (C=O) groups excluding carboxylic acids is 1. The van der Waals surface area contributed by atoms with Crippen molar-refractivity contribution in [3.05, 3.63) is 54.8 Å². The molecule has 2 saturated heterocycles. The van der Waals surface area contributed by atoms with Crippen LogP contribution < -0.4 is 10.6 Å². The Morgan fingerprint density at radius 1 is 1.11 bits per heavy atom. The van der Waals surface area contributed by atoms with Crippen LogP contribution in [0.5, 0.6) is 0 Å². The van der Waals surface area contributed by atoms with E-state index in [-0.39, 0.29) is 5.91 Å². The van der Waals surface area contributed by atoms with Gasteiger partial charge in [-0.3, -0.25) is 4.79 Å². The molecule has 2 aliphatic heterocycles. The summed E-state index contributed by atoms with van der Waals surface area (Å²) in [4.78, 5) is 16.6. The number of benzene rings is 1. The van der Waals surface area contributed by atoms with Gasteiger partial charge in [0, 0.05) is 37.3 Å². The van der Waals surface area contributed by atoms with Crippen molar-refractivity contribution < 1.29 is 4.79 Å². The van der Waals surface area contributed by atoms with Gasteiger partial charge in [0.2, 0.25) is 0 Å². The van der Waals surface area contributed by atoms with Crippen LogP contribution in [0.25, 0.3) is 5.57 Å². The highest BCUT2D eigenvalue weighted by Gasteiger charge is 2.26. The van der Waals surface area contributed by atoms with Crippen molar-refractivity contribution in [2.75, 3.05) is 40.3 Å². The molecule has 0 saturated carbocycles. The lowest BCUT2D eigenvalue weighted by Crippen LogP contribution is -2.33. The van der Waals surface area contributed by atoms with Crippen molar-refractivity contribution in [1.29, 1.82) is 0 Å². The van der Waals surface area contributed by atoms with Crippen LogP contribution in [0.15, 0.2) is 43.6 Å². The monoisotopic (exact) mass is 370 g/mol. The summed E-state index contributed by atoms with van der Waals surface area (Å²) >= 11 is 0. The average Bonchev–Trinajstić information content (AvgIpc) is 3.31. The molecule has 2 N–H and O–H groups in total. The van der Waals surface area contributed by atoms with Crippen LogP contribution in [-0.4, -0.2) is 68.1 Å². The molecule has 2 unspecified atom stereocenters. The van der Waals surface area contributed by atoms with Gasteiger partial charge >= 0.3 is 0 Å². The molecule has 2 aliphatic rings. The zero-order valence-corrected chi connectivity index (χ0v) is 17.0. The highest BCUT2D eigenvalue weighted by atomic mass is 16.2. The van der Waals surface area contributed by atoms with Gasteiger partial charge in [0.05, 0.1) is 0 Å². The van der Waals surface area contributed by atoms with Crippen LogP contribution in [0, 0.1) is 0 Å². The van der Waals surface area contributed by atoms with Gasteiger partial charge in [-0.2, -0.15) is 0 Å². The molecular formula is C22H34N4O. The van der Waals surface area contributed by atoms with Crippen molar-refractivity contribution in [2.45, 2.75) is 31.8 Å². The molecule has 5 heteroatoms. The fraction of sp³-hybridized carbons (Fsp3) is 0.500. The van der Waals surface area contributed by atoms with Crippen LogP contribution in [0.4, 0.5) is 0 Å². The Bertz CT molecular complexity index is 640. The topological polar surface area (TPSA) is 47.6 Å². The summed E-state index contributed by atoms with van der Waals surface area (Å²) in [6, 6.07) is 8.73. The Labute approximate surface area is 164 Å². The second-order valence-electron chi connectivity index (χ2n) is 7.50. The van der Waals surface area contributed by atoms with Crippen molar-refractivity contribution in [3.8, 4) is 0 Å². The maximum Gasteiger partial charge on any atom is 0.253 e. The van der Waals surface area contributed by atoms with Crippen molar-refractivity contribution >= 4 is 11.5 Å². The average molecular weight is 371 g/mol. The van der Waals surface area contributed by atoms with Gasteiger partial charge < -0.3 is 20.4 Å². The summed E-state index contributed by atoms with van der Waals surface area (Å²) in [5.41, 5.74) is 2.82. The minimum Gasteiger partial charge on any atom is -0.387 e. The number of nitrogens with one attached hydrogen (secondary N) is 2. The summed E-state index contributed by atoms with van der Waals surface area (Å²) in [5, 5.41) is 6.42. The van der Waals surface area contributed by atoms with Crippen LogP contribution in [0.2, 0.25) is 0 Å². The highest BCUT2D eigenvalue weighted by Crippen LogP contribution is 2.16. The number of carbonyl (C=O) groups is 1. The zero-order chi connectivity index (χ0) is 19.8. The molecule has 0 radical (unpaired) electrons. The second-order valence-corrected chi connectivity index (χ2v) is 7.50. The highest BCUT2D eigenvalue weighted by molar-refractivity contribution is 5.94. The first-order valence-corrected chi connectivity index (χ1v) is 9.72. The molecule has 3 rings (SSSR count). The summed E-state index contributed by atoms with van der Waals surface area (Å²) in [7, 11) is 4.20. The molecule has 5 nitrogen and oxygen atoms in total. The molecule has 27 heavy (non-hydrogen) atoms. The van der Waals surface area contributed by atoms with Gasteiger partial charge in [-0.05, 0) is 64.3 Å². The molecule has 2 heterocycles. The normalized spacial score (nSPS) is 22.1. The fourth-order valence-corrected chi connectivity index (χ4v) is 3.50. The Kier molecular flexibility index (Phi) is 8.07. The number of rotatable bonds is 5. The lowest BCUT2D eigenvalue weighted by molar-refractivity contribution is 0.0790. The van der Waals surface area contributed by atoms with Crippen LogP contribution in [0.1, 0.15) is 35.7 Å². The molecule has 2 fully saturated rings. The fourth-order valence-electron chi connectivity index (χ4n) is 3.50. The van der Waals surface area contributed by atoms with E-state index in [1.165, 1.54) is 19.5 Å². The van der Waals surface area contributed by atoms with Crippen molar-refractivity contribution in [3.63, 3.8) is 0 Å². The maximum atomic E-state index is 12.3. The lowest BCUT2D eigenvalue weighted by atomic mass is 10.1. The third-order valence-corrected chi connectivity index (χ3v) is 5.25. The Balaban J connectivity index is 0.000000273. The van der Waals surface area contributed by atoms with E-state index in [2.05, 4.69) is 35.7 Å². The number of allylic oxidation sites excluding steroid dienone is 1. The Morgan fingerprint density at radius 3 is 2.22 bits per heavy atom. The first-order chi connectivity index (χ1) is 12.9. The molecule has 148 valence electrons. The zero-order valence-electron chi connectivity index (χ0n) is 17.0. The van der Waals surface area contributed by atoms with E-state index in [0.29, 0.717) is 6.04 Å². The van der Waals surface area contributed by atoms with Gasteiger partial charge in [0.25, 0.3) is 5.91 Å². The number of amides is 1. The molecule has 1 aromatic rings. The predicted octanol–water partition coefficient (Wildman–Crippen LogP) is 2.58. The van der Waals surface area contributed by atoms with E-state index in [9.17, 15) is 4.79 Å². The van der Waals surface area contributed by atoms with E-state index in [1.54, 1.807) is 6.20 Å². The van der Waals surface area contributed by atoms with Crippen molar-refractivity contribution in [1.82, 2.24) is 20.4 Å². The number of likely N-dealkylation sites (tertiary alicyclic amines) is 2. The van der Waals surface area contributed by atoms with Crippen LogP contribution in [0.3, 0.4) is 0 Å². The van der Waals surface area contributed by atoms with E-state index in [0.717, 1.165) is 42.3 Å². The summed E-state index contributed by atoms with van der Waals surface area (Å²) < 4.78 is 0. The van der Waals surface area contributed by atoms with Gasteiger partial charge in [-0.25, -0.2) is 0 Å². The maximum absolute atomic E-state index is 12.3. The number of nitrogens with zero attached hydrogens (tertiary/aromatic N) is 2. The molecule has 1 aromatic carbocycles. The summed E-state index contributed by atoms with van der Waals surface area (Å²) in [6.07, 6.45) is 3.98. The molecule has 1 amide bonds. The molecular weight excluding hydrogens is 336 g/mol. The number of hydrogen-bond acceptors (Lipinski definition) is 4. The first kappa shape index (κ1) is 21.2. The predicted molar refractivity (Wildman–Crippen MR) is 114 cm³/mol. The van der Waals surface area contributed by atoms with Crippen molar-refractivity contribution in [2.24, 2.45) is 0 Å². The first-order valence-electron chi connectivity index (χ1n) is 9.72. The van der Waals surface area contributed by atoms with E-state index >= 15 is 0 Å². The molecule has 2 atom stereocenters. The largest absolute Gasteiger partial charge is 0.387 e. The summed E-state index contributed by atoms with van der Waals surface area (Å²) in [6.45, 7) is 13.5. The third-order valence-electron chi connectivity index (χ3n) is 5.25. The van der Waals surface area contributed by atoms with E-state index < -0.39 is 0 Å². The number of likely N-dealkylation sites (N-methyl/N-ethyl adjacent to an activating group) is 2. The third kappa shape index (κ3) is 6.22. The molecule has 0 spiro atoms. The van der Waals surface area contributed by atoms with Crippen LogP contribution >= 0.6 is 0 Å². The van der Waals surface area contributed by atoms with Gasteiger partial charge in [-0.15, -0.1) is 0 Å². The molecule has 0 aromatic heterocycles. The lowest BCUT2D eigenvalue weighted by Gasteiger charge is -2.17. The van der Waals surface area contributed by atoms with E-state index in [1.807, 2.05) is 43.1 Å². The minimum atomic E-state index is 0.0987. The van der Waals surface area contributed by atoms with Gasteiger partial charge in [0.1, 0.15) is 0 Å². The minimum absolute atomic E-state index is 0.0987. The molecule has 0 bridgehead atoms. The number of hydrogen-bond donors (Lipinski definition) is 2. The Morgan fingerprint density at radius 2 is 1.74 bits per heavy atom. The van der Waals surface area contributed by atoms with Gasteiger partial charge in [0.15, 0.2) is 0 Å². The smallest absolute Gasteiger partial charge is 0.253 e. The Hall–Kier alpha value is -2.11. The standard InChI is InChI=1S/C16H20N2O.C6H14N2/c1-4-17-15-9-10-18(11-15)16(19)14-7-5-13(6-8-14)12(2)3;1-7-6-3-4-8(2)5-6/h4-8,15,17H,1-2,9-11H2,3H3;6-7H,3-5H2,1-2H3. The van der Waals surface area contributed by atoms with Crippen LogP contribution in [-0.2, 0) is 0 Å². The SMILES string of the molecule is C=CNC1CCN(C(=O)c2ccc(C(=C)C)cc2)C1.CNC1CCN(C)C1. The molecule has 0 aliphatic carbocycles. The quantitative estimate of drug-likeness (QED) is 0.836. The van der Waals surface area contributed by atoms with Gasteiger partial charge in [-0.1, -0.05) is 30.9 Å². The second kappa shape index (κ2) is 10.3. The van der Waals surface area contributed by atoms with E-state index in [4.69, 9.17) is 0 Å².